The van der Waals surface area contributed by atoms with Gasteiger partial charge < -0.3 is 10.1 Å². The van der Waals surface area contributed by atoms with Crippen LogP contribution in [0, 0.1) is 10.1 Å². The number of ether oxygens (including phenoxy) is 1. The quantitative estimate of drug-likeness (QED) is 0.604. The molecule has 0 saturated carbocycles. The molecule has 1 aromatic heterocycles. The molecule has 1 aliphatic heterocycles. The monoisotopic (exact) mass is 415 g/mol. The maximum Gasteiger partial charge on any atom is 0.411 e. The zero-order chi connectivity index (χ0) is 22.4. The topological polar surface area (TPSA) is 120 Å². The van der Waals surface area contributed by atoms with Crippen molar-refractivity contribution < 1.29 is 19.2 Å². The number of anilines is 1. The molecule has 0 radical (unpaired) electrons. The average molecular weight is 415 g/mol. The molecule has 0 spiro atoms. The number of amides is 2. The van der Waals surface area contributed by atoms with Crippen LogP contribution in [0.1, 0.15) is 56.2 Å². The molecule has 160 valence electrons. The fourth-order valence-corrected chi connectivity index (χ4v) is 3.62. The minimum Gasteiger partial charge on any atom is -0.444 e. The number of carbonyl (C=O) groups is 2. The molecule has 1 aromatic carbocycles. The van der Waals surface area contributed by atoms with Gasteiger partial charge in [-0.3, -0.25) is 24.5 Å². The Hall–Kier alpha value is -3.43. The van der Waals surface area contributed by atoms with Crippen LogP contribution in [0.2, 0.25) is 0 Å². The van der Waals surface area contributed by atoms with Crippen molar-refractivity contribution in [3.63, 3.8) is 0 Å². The van der Waals surface area contributed by atoms with E-state index in [0.717, 1.165) is 5.69 Å². The number of nitrogens with zero attached hydrogens (tertiary/aromatic N) is 4. The molecular weight excluding hydrogens is 390 g/mol. The number of non-ortho nitro benzene ring substituents is 1. The zero-order valence-corrected chi connectivity index (χ0v) is 17.8. The van der Waals surface area contributed by atoms with Gasteiger partial charge in [-0.2, -0.15) is 5.10 Å². The van der Waals surface area contributed by atoms with Crippen LogP contribution in [0.3, 0.4) is 0 Å². The van der Waals surface area contributed by atoms with Crippen molar-refractivity contribution >= 4 is 23.5 Å². The Kier molecular flexibility index (Phi) is 5.05. The Morgan fingerprint density at radius 1 is 1.30 bits per heavy atom. The van der Waals surface area contributed by atoms with Gasteiger partial charge >= 0.3 is 6.09 Å². The molecule has 0 saturated heterocycles. The van der Waals surface area contributed by atoms with Crippen LogP contribution in [-0.4, -0.2) is 37.2 Å². The fraction of sp³-hybridized carbons (Fsp3) is 0.450. The molecule has 0 bridgehead atoms. The van der Waals surface area contributed by atoms with Gasteiger partial charge in [-0.15, -0.1) is 0 Å². The van der Waals surface area contributed by atoms with E-state index in [9.17, 15) is 19.7 Å². The molecule has 0 unspecified atom stereocenters. The van der Waals surface area contributed by atoms with Gasteiger partial charge in [-0.05, 0) is 40.7 Å². The van der Waals surface area contributed by atoms with Gasteiger partial charge in [0.25, 0.3) is 11.6 Å². The summed E-state index contributed by atoms with van der Waals surface area (Å²) in [5.41, 5.74) is 0.110. The van der Waals surface area contributed by atoms with E-state index in [1.165, 1.54) is 24.3 Å². The van der Waals surface area contributed by atoms with Crippen LogP contribution in [-0.2, 0) is 23.9 Å². The van der Waals surface area contributed by atoms with Crippen LogP contribution in [0.5, 0.6) is 0 Å². The van der Waals surface area contributed by atoms with Crippen molar-refractivity contribution in [2.75, 3.05) is 5.32 Å². The lowest BCUT2D eigenvalue weighted by molar-refractivity contribution is -0.384. The molecule has 1 aliphatic rings. The average Bonchev–Trinajstić information content (AvgIpc) is 3.08. The normalized spacial score (nSPS) is 14.9. The summed E-state index contributed by atoms with van der Waals surface area (Å²) in [6, 6.07) is 5.46. The summed E-state index contributed by atoms with van der Waals surface area (Å²) in [5.74, 6) is -0.212. The first-order chi connectivity index (χ1) is 13.8. The van der Waals surface area contributed by atoms with Crippen molar-refractivity contribution in [2.24, 2.45) is 7.05 Å². The number of aromatic nitrogens is 2. The number of nitro groups is 1. The second kappa shape index (κ2) is 7.12. The summed E-state index contributed by atoms with van der Waals surface area (Å²) in [5, 5.41) is 18.1. The van der Waals surface area contributed by atoms with Gasteiger partial charge in [0.05, 0.1) is 22.7 Å². The van der Waals surface area contributed by atoms with Crippen LogP contribution in [0.25, 0.3) is 0 Å². The minimum absolute atomic E-state index is 0.143. The predicted molar refractivity (Wildman–Crippen MR) is 109 cm³/mol. The Labute approximate surface area is 174 Å². The molecule has 10 nitrogen and oxygen atoms in total. The third-order valence-corrected chi connectivity index (χ3v) is 4.88. The Bertz CT molecular complexity index is 1030. The molecule has 3 rings (SSSR count). The number of hydrogen-bond donors (Lipinski definition) is 1. The highest BCUT2D eigenvalue weighted by Crippen LogP contribution is 2.42. The van der Waals surface area contributed by atoms with Crippen molar-refractivity contribution in [3.8, 4) is 0 Å². The highest BCUT2D eigenvalue weighted by molar-refractivity contribution is 6.04. The Morgan fingerprint density at radius 3 is 2.57 bits per heavy atom. The molecular formula is C20H25N5O5. The molecule has 2 aromatic rings. The van der Waals surface area contributed by atoms with Gasteiger partial charge in [0.15, 0.2) is 5.82 Å². The van der Waals surface area contributed by atoms with Gasteiger partial charge in [-0.25, -0.2) is 4.79 Å². The van der Waals surface area contributed by atoms with Gasteiger partial charge in [0.1, 0.15) is 5.60 Å². The summed E-state index contributed by atoms with van der Waals surface area (Å²) in [6.45, 7) is 9.39. The second-order valence-electron chi connectivity index (χ2n) is 8.69. The first kappa shape index (κ1) is 21.3. The highest BCUT2D eigenvalue weighted by Gasteiger charge is 2.46. The number of aryl methyl sites for hydroxylation is 1. The van der Waals surface area contributed by atoms with E-state index in [2.05, 4.69) is 10.4 Å². The molecule has 0 fully saturated rings. The number of hydrogen-bond acceptors (Lipinski definition) is 6. The number of nitro benzene ring substituents is 1. The molecule has 0 atom stereocenters. The van der Waals surface area contributed by atoms with Crippen molar-refractivity contribution in [3.05, 3.63) is 51.2 Å². The van der Waals surface area contributed by atoms with Crippen LogP contribution < -0.4 is 5.32 Å². The maximum absolute atomic E-state index is 12.7. The Balaban J connectivity index is 1.89. The number of carbonyl (C=O) groups excluding carboxylic acids is 2. The number of rotatable bonds is 3. The molecule has 30 heavy (non-hydrogen) atoms. The smallest absolute Gasteiger partial charge is 0.411 e. The maximum atomic E-state index is 12.7. The standard InChI is InChI=1S/C20H25N5O5/c1-19(2,3)30-18(27)24-11-14-15(20(24,4)5)23(6)22-16(14)21-17(26)12-8-7-9-13(10-12)25(28)29/h7-10H,11H2,1-6H3,(H,21,22,26). The number of benzene rings is 1. The lowest BCUT2D eigenvalue weighted by atomic mass is 10.0. The molecule has 10 heteroatoms. The minimum atomic E-state index is -0.700. The number of fused-ring (bicyclic) bond motifs is 1. The van der Waals surface area contributed by atoms with E-state index in [-0.39, 0.29) is 17.8 Å². The first-order valence-corrected chi connectivity index (χ1v) is 9.44. The highest BCUT2D eigenvalue weighted by atomic mass is 16.6. The van der Waals surface area contributed by atoms with Gasteiger partial charge in [-0.1, -0.05) is 6.07 Å². The van der Waals surface area contributed by atoms with Gasteiger partial charge in [0, 0.05) is 30.3 Å². The van der Waals surface area contributed by atoms with E-state index in [1.54, 1.807) is 37.4 Å². The van der Waals surface area contributed by atoms with E-state index in [0.29, 0.717) is 11.4 Å². The van der Waals surface area contributed by atoms with E-state index in [4.69, 9.17) is 4.74 Å². The van der Waals surface area contributed by atoms with Crippen molar-refractivity contribution in [1.82, 2.24) is 14.7 Å². The van der Waals surface area contributed by atoms with Crippen LogP contribution in [0.4, 0.5) is 16.3 Å². The lowest BCUT2D eigenvalue weighted by Gasteiger charge is -2.34. The number of nitrogens with one attached hydrogen (secondary N) is 1. The molecule has 2 heterocycles. The first-order valence-electron chi connectivity index (χ1n) is 9.44. The van der Waals surface area contributed by atoms with E-state index in [1.807, 2.05) is 13.8 Å². The van der Waals surface area contributed by atoms with Crippen LogP contribution in [0.15, 0.2) is 24.3 Å². The van der Waals surface area contributed by atoms with Crippen molar-refractivity contribution in [2.45, 2.75) is 52.3 Å². The van der Waals surface area contributed by atoms with Gasteiger partial charge in [0.2, 0.25) is 0 Å². The molecule has 0 aliphatic carbocycles. The summed E-state index contributed by atoms with van der Waals surface area (Å²) in [6.07, 6.45) is -0.459. The summed E-state index contributed by atoms with van der Waals surface area (Å²) in [7, 11) is 1.74. The predicted octanol–water partition coefficient (Wildman–Crippen LogP) is 3.57. The van der Waals surface area contributed by atoms with E-state index >= 15 is 0 Å². The summed E-state index contributed by atoms with van der Waals surface area (Å²) >= 11 is 0. The Morgan fingerprint density at radius 2 is 1.97 bits per heavy atom. The molecule has 1 N–H and O–H groups in total. The lowest BCUT2D eigenvalue weighted by Crippen LogP contribution is -2.44. The third-order valence-electron chi connectivity index (χ3n) is 4.88. The zero-order valence-electron chi connectivity index (χ0n) is 17.8. The second-order valence-corrected chi connectivity index (χ2v) is 8.69. The largest absolute Gasteiger partial charge is 0.444 e. The third kappa shape index (κ3) is 3.85. The fourth-order valence-electron chi connectivity index (χ4n) is 3.62. The van der Waals surface area contributed by atoms with Crippen molar-refractivity contribution in [1.29, 1.82) is 0 Å². The van der Waals surface area contributed by atoms with E-state index < -0.39 is 28.1 Å². The summed E-state index contributed by atoms with van der Waals surface area (Å²) < 4.78 is 7.16. The SMILES string of the molecule is Cn1nc(NC(=O)c2cccc([N+](=O)[O-])c2)c2c1C(C)(C)N(C(=O)OC(C)(C)C)C2. The molecule has 2 amide bonds. The van der Waals surface area contributed by atoms with Crippen LogP contribution >= 0.6 is 0 Å². The summed E-state index contributed by atoms with van der Waals surface area (Å²) in [4.78, 5) is 37.4.